The van der Waals surface area contributed by atoms with Gasteiger partial charge in [0.25, 0.3) is 0 Å². The molecule has 1 aromatic heterocycles. The fourth-order valence-electron chi connectivity index (χ4n) is 7.37. The Labute approximate surface area is 267 Å². The first-order chi connectivity index (χ1) is 22.3. The fourth-order valence-corrected chi connectivity index (χ4v) is 8.56. The molecule has 212 valence electrons. The van der Waals surface area contributed by atoms with Crippen molar-refractivity contribution in [2.24, 2.45) is 0 Å². The average molecular weight is 592 g/mol. The largest absolute Gasteiger partial charge is 0.355 e. The quantitative estimate of drug-likeness (QED) is 0.210. The molecule has 1 nitrogen and oxygen atoms in total. The highest BCUT2D eigenvalue weighted by Crippen LogP contribution is 2.56. The Kier molecular flexibility index (Phi) is 5.97. The monoisotopic (exact) mass is 591 g/mol. The molecule has 45 heavy (non-hydrogen) atoms. The van der Waals surface area contributed by atoms with Crippen LogP contribution in [-0.2, 0) is 5.41 Å². The summed E-state index contributed by atoms with van der Waals surface area (Å²) in [6, 6.07) is 62.0. The molecule has 1 N–H and O–H groups in total. The van der Waals surface area contributed by atoms with Crippen molar-refractivity contribution in [3.63, 3.8) is 0 Å². The molecule has 2 heteroatoms. The van der Waals surface area contributed by atoms with Crippen LogP contribution < -0.4 is 5.32 Å². The first-order valence-electron chi connectivity index (χ1n) is 15.4. The summed E-state index contributed by atoms with van der Waals surface area (Å²) in [4.78, 5) is 0. The number of rotatable bonds is 5. The van der Waals surface area contributed by atoms with E-state index in [1.54, 1.807) is 0 Å². The Morgan fingerprint density at radius 2 is 0.978 bits per heavy atom. The summed E-state index contributed by atoms with van der Waals surface area (Å²) < 4.78 is 2.60. The number of hydrogen-bond acceptors (Lipinski definition) is 2. The normalized spacial score (nSPS) is 13.1. The molecule has 0 atom stereocenters. The molecule has 0 spiro atoms. The number of fused-ring (bicyclic) bond motifs is 6. The van der Waals surface area contributed by atoms with Crippen LogP contribution in [0.5, 0.6) is 0 Å². The number of hydrogen-bond donors (Lipinski definition) is 1. The van der Waals surface area contributed by atoms with Crippen molar-refractivity contribution in [3.05, 3.63) is 192 Å². The van der Waals surface area contributed by atoms with E-state index in [1.165, 1.54) is 64.7 Å². The van der Waals surface area contributed by atoms with E-state index in [1.807, 2.05) is 11.3 Å². The van der Waals surface area contributed by atoms with Gasteiger partial charge in [0.15, 0.2) is 0 Å². The summed E-state index contributed by atoms with van der Waals surface area (Å²) in [5.41, 5.74) is 12.1. The lowest BCUT2D eigenvalue weighted by molar-refractivity contribution is 0.769. The molecule has 9 rings (SSSR count). The van der Waals surface area contributed by atoms with E-state index >= 15 is 0 Å². The molecule has 1 heterocycles. The van der Waals surface area contributed by atoms with Gasteiger partial charge in [-0.1, -0.05) is 140 Å². The fraction of sp³-hybridized carbons (Fsp3) is 0.0233. The number of benzene rings is 7. The maximum absolute atomic E-state index is 3.76. The highest BCUT2D eigenvalue weighted by molar-refractivity contribution is 7.25. The van der Waals surface area contributed by atoms with E-state index in [9.17, 15) is 0 Å². The van der Waals surface area contributed by atoms with E-state index in [-0.39, 0.29) is 0 Å². The van der Waals surface area contributed by atoms with Gasteiger partial charge in [0, 0.05) is 31.5 Å². The molecular formula is C43H29NS. The van der Waals surface area contributed by atoms with Gasteiger partial charge in [0.2, 0.25) is 0 Å². The molecule has 8 aromatic rings. The molecule has 0 saturated heterocycles. The zero-order valence-corrected chi connectivity index (χ0v) is 25.4. The predicted octanol–water partition coefficient (Wildman–Crippen LogP) is 11.8. The second-order valence-corrected chi connectivity index (χ2v) is 12.9. The Morgan fingerprint density at radius 3 is 1.71 bits per heavy atom. The highest BCUT2D eigenvalue weighted by atomic mass is 32.1. The SMILES string of the molecule is c1ccc(-c2ccc3c(c2)sc2cc(Nc4cccc(C5(c6ccccc6)c6ccccc6-c6ccccc65)c4)ccc23)cc1. The Morgan fingerprint density at radius 1 is 0.400 bits per heavy atom. The number of thiophene rings is 1. The van der Waals surface area contributed by atoms with Gasteiger partial charge in [-0.05, 0) is 74.8 Å². The molecule has 7 aromatic carbocycles. The minimum absolute atomic E-state index is 0.405. The molecule has 1 aliphatic carbocycles. The summed E-state index contributed by atoms with van der Waals surface area (Å²) >= 11 is 1.86. The van der Waals surface area contributed by atoms with Gasteiger partial charge in [-0.15, -0.1) is 11.3 Å². The summed E-state index contributed by atoms with van der Waals surface area (Å²) in [6.45, 7) is 0. The second kappa shape index (κ2) is 10.3. The smallest absolute Gasteiger partial charge is 0.0714 e. The molecule has 1 aliphatic rings. The Balaban J connectivity index is 1.14. The van der Waals surface area contributed by atoms with Crippen LogP contribution >= 0.6 is 11.3 Å². The number of nitrogens with one attached hydrogen (secondary N) is 1. The zero-order chi connectivity index (χ0) is 29.8. The van der Waals surface area contributed by atoms with Gasteiger partial charge in [-0.25, -0.2) is 0 Å². The maximum atomic E-state index is 3.76. The first kappa shape index (κ1) is 26.0. The number of anilines is 2. The van der Waals surface area contributed by atoms with Crippen LogP contribution in [0, 0.1) is 0 Å². The average Bonchev–Trinajstić information content (AvgIpc) is 3.62. The Hall–Kier alpha value is -5.44. The third-order valence-corrected chi connectivity index (χ3v) is 10.4. The molecule has 0 radical (unpaired) electrons. The Bertz CT molecular complexity index is 2300. The van der Waals surface area contributed by atoms with Crippen molar-refractivity contribution in [1.82, 2.24) is 0 Å². The highest BCUT2D eigenvalue weighted by Gasteiger charge is 2.45. The van der Waals surface area contributed by atoms with Crippen molar-refractivity contribution in [2.45, 2.75) is 5.41 Å². The van der Waals surface area contributed by atoms with Crippen LogP contribution in [-0.4, -0.2) is 0 Å². The van der Waals surface area contributed by atoms with Crippen molar-refractivity contribution >= 4 is 42.9 Å². The lowest BCUT2D eigenvalue weighted by Crippen LogP contribution is -2.28. The third kappa shape index (κ3) is 4.07. The van der Waals surface area contributed by atoms with E-state index < -0.39 is 5.41 Å². The molecule has 0 aliphatic heterocycles. The molecular weight excluding hydrogens is 563 g/mol. The maximum Gasteiger partial charge on any atom is 0.0714 e. The van der Waals surface area contributed by atoms with Gasteiger partial charge in [-0.3, -0.25) is 0 Å². The van der Waals surface area contributed by atoms with Crippen LogP contribution in [0.1, 0.15) is 22.3 Å². The minimum atomic E-state index is -0.405. The summed E-state index contributed by atoms with van der Waals surface area (Å²) in [6.07, 6.45) is 0. The van der Waals surface area contributed by atoms with Crippen LogP contribution in [0.25, 0.3) is 42.4 Å². The second-order valence-electron chi connectivity index (χ2n) is 11.8. The van der Waals surface area contributed by atoms with Gasteiger partial charge in [0.1, 0.15) is 0 Å². The minimum Gasteiger partial charge on any atom is -0.355 e. The molecule has 0 fully saturated rings. The summed E-state index contributed by atoms with van der Waals surface area (Å²) in [5, 5.41) is 6.38. The third-order valence-electron chi connectivity index (χ3n) is 9.32. The van der Waals surface area contributed by atoms with Gasteiger partial charge in [0.05, 0.1) is 5.41 Å². The topological polar surface area (TPSA) is 12.0 Å². The van der Waals surface area contributed by atoms with E-state index in [4.69, 9.17) is 0 Å². The lowest BCUT2D eigenvalue weighted by atomic mass is 9.67. The molecule has 0 unspecified atom stereocenters. The standard InChI is InChI=1S/C43H29NS/c1-3-12-29(13-4-1)30-22-24-37-38-25-23-34(28-42(38)45-41(37)26-30)44-33-17-11-16-32(27-33)43(31-14-5-2-6-15-31)39-20-9-7-18-35(39)36-19-8-10-21-40(36)43/h1-28,44H. The van der Waals surface area contributed by atoms with E-state index in [2.05, 4.69) is 175 Å². The van der Waals surface area contributed by atoms with Crippen LogP contribution in [0.3, 0.4) is 0 Å². The van der Waals surface area contributed by atoms with Crippen molar-refractivity contribution in [2.75, 3.05) is 5.32 Å². The van der Waals surface area contributed by atoms with E-state index in [0.717, 1.165) is 11.4 Å². The van der Waals surface area contributed by atoms with E-state index in [0.29, 0.717) is 0 Å². The van der Waals surface area contributed by atoms with Gasteiger partial charge >= 0.3 is 0 Å². The van der Waals surface area contributed by atoms with Crippen molar-refractivity contribution in [3.8, 4) is 22.3 Å². The zero-order valence-electron chi connectivity index (χ0n) is 24.6. The van der Waals surface area contributed by atoms with Crippen molar-refractivity contribution < 1.29 is 0 Å². The summed E-state index contributed by atoms with van der Waals surface area (Å²) in [5.74, 6) is 0. The van der Waals surface area contributed by atoms with Gasteiger partial charge < -0.3 is 5.32 Å². The summed E-state index contributed by atoms with van der Waals surface area (Å²) in [7, 11) is 0. The van der Waals surface area contributed by atoms with Crippen molar-refractivity contribution in [1.29, 1.82) is 0 Å². The van der Waals surface area contributed by atoms with Crippen LogP contribution in [0.15, 0.2) is 170 Å². The molecule has 0 bridgehead atoms. The van der Waals surface area contributed by atoms with Gasteiger partial charge in [-0.2, -0.15) is 0 Å². The molecule has 0 amide bonds. The lowest BCUT2D eigenvalue weighted by Gasteiger charge is -2.34. The first-order valence-corrected chi connectivity index (χ1v) is 16.2. The predicted molar refractivity (Wildman–Crippen MR) is 192 cm³/mol. The molecule has 0 saturated carbocycles. The van der Waals surface area contributed by atoms with Crippen LogP contribution in [0.2, 0.25) is 0 Å². The van der Waals surface area contributed by atoms with Crippen LogP contribution in [0.4, 0.5) is 11.4 Å².